The Labute approximate surface area is 246 Å². The monoisotopic (exact) mass is 613 g/mol. The van der Waals surface area contributed by atoms with E-state index in [2.05, 4.69) is 20.3 Å². The zero-order valence-corrected chi connectivity index (χ0v) is 25.1. The number of aromatic nitrogens is 4. The number of sulfonamides is 1. The van der Waals surface area contributed by atoms with E-state index in [-0.39, 0.29) is 29.9 Å². The van der Waals surface area contributed by atoms with E-state index in [1.807, 2.05) is 17.0 Å². The predicted molar refractivity (Wildman–Crippen MR) is 158 cm³/mol. The Kier molecular flexibility index (Phi) is 8.70. The molecular formula is C27H31N7O6S2. The van der Waals surface area contributed by atoms with Gasteiger partial charge in [-0.1, -0.05) is 6.07 Å². The lowest BCUT2D eigenvalue weighted by molar-refractivity contribution is -0.121. The first-order valence-electron chi connectivity index (χ1n) is 13.2. The number of ether oxygens (including phenoxy) is 2. The third kappa shape index (κ3) is 5.93. The molecule has 1 N–H and O–H groups in total. The normalized spacial score (nSPS) is 14.2. The fourth-order valence-electron chi connectivity index (χ4n) is 4.84. The number of amides is 1. The number of nitrogens with one attached hydrogen (secondary N) is 1. The molecule has 0 bridgehead atoms. The highest BCUT2D eigenvalue weighted by atomic mass is 32.2. The van der Waals surface area contributed by atoms with Crippen molar-refractivity contribution in [3.8, 4) is 11.5 Å². The Hall–Kier alpha value is -4.08. The molecule has 222 valence electrons. The summed E-state index contributed by atoms with van der Waals surface area (Å²) in [7, 11) is -0.887. The van der Waals surface area contributed by atoms with Crippen LogP contribution in [-0.4, -0.2) is 85.1 Å². The van der Waals surface area contributed by atoms with E-state index >= 15 is 0 Å². The number of anilines is 1. The number of benzene rings is 1. The Morgan fingerprint density at radius 2 is 1.76 bits per heavy atom. The Balaban J connectivity index is 1.29. The van der Waals surface area contributed by atoms with Gasteiger partial charge in [0.2, 0.25) is 21.9 Å². The van der Waals surface area contributed by atoms with E-state index in [1.165, 1.54) is 10.6 Å². The molecule has 15 heteroatoms. The molecule has 4 heterocycles. The minimum absolute atomic E-state index is 0.00644. The van der Waals surface area contributed by atoms with Gasteiger partial charge in [0.15, 0.2) is 11.5 Å². The lowest BCUT2D eigenvalue weighted by Gasteiger charge is -2.33. The second-order valence-corrected chi connectivity index (χ2v) is 12.7. The van der Waals surface area contributed by atoms with Gasteiger partial charge in [0.25, 0.3) is 5.56 Å². The van der Waals surface area contributed by atoms with Crippen LogP contribution in [0.3, 0.4) is 0 Å². The van der Waals surface area contributed by atoms with Gasteiger partial charge in [0.05, 0.1) is 25.9 Å². The summed E-state index contributed by atoms with van der Waals surface area (Å²) in [6.45, 7) is 2.96. The molecule has 0 radical (unpaired) electrons. The largest absolute Gasteiger partial charge is 0.493 e. The minimum Gasteiger partial charge on any atom is -0.493 e. The van der Waals surface area contributed by atoms with Gasteiger partial charge in [0, 0.05) is 50.0 Å². The average molecular weight is 614 g/mol. The highest BCUT2D eigenvalue weighted by Crippen LogP contribution is 2.33. The van der Waals surface area contributed by atoms with Crippen LogP contribution in [0.1, 0.15) is 10.4 Å². The summed E-state index contributed by atoms with van der Waals surface area (Å²) in [5.41, 5.74) is 0.364. The van der Waals surface area contributed by atoms with Crippen LogP contribution in [0.5, 0.6) is 11.5 Å². The maximum absolute atomic E-state index is 13.8. The van der Waals surface area contributed by atoms with Crippen molar-refractivity contribution in [3.63, 3.8) is 0 Å². The van der Waals surface area contributed by atoms with Crippen molar-refractivity contribution >= 4 is 43.4 Å². The van der Waals surface area contributed by atoms with Crippen molar-refractivity contribution in [2.24, 2.45) is 0 Å². The lowest BCUT2D eigenvalue weighted by Crippen LogP contribution is -2.49. The summed E-state index contributed by atoms with van der Waals surface area (Å²) >= 11 is 1.15. The number of aryl methyl sites for hydroxylation is 1. The molecule has 0 saturated carbocycles. The number of methoxy groups -OCH3 is 2. The third-order valence-electron chi connectivity index (χ3n) is 6.97. The summed E-state index contributed by atoms with van der Waals surface area (Å²) in [4.78, 5) is 41.7. The summed E-state index contributed by atoms with van der Waals surface area (Å²) in [6.07, 6.45) is 5.10. The molecule has 0 spiro atoms. The van der Waals surface area contributed by atoms with Crippen molar-refractivity contribution in [3.05, 3.63) is 63.8 Å². The Bertz CT molecular complexity index is 1750. The number of piperazine rings is 1. The van der Waals surface area contributed by atoms with Crippen LogP contribution in [0, 0.1) is 6.92 Å². The minimum atomic E-state index is -4.00. The summed E-state index contributed by atoms with van der Waals surface area (Å²) in [6, 6.07) is 7.23. The number of fused-ring (bicyclic) bond motifs is 1. The summed E-state index contributed by atoms with van der Waals surface area (Å²) in [5.74, 6) is 1.35. The molecule has 1 amide bonds. The zero-order chi connectivity index (χ0) is 29.9. The molecule has 1 aliphatic rings. The van der Waals surface area contributed by atoms with E-state index in [1.54, 1.807) is 45.7 Å². The van der Waals surface area contributed by atoms with Crippen molar-refractivity contribution in [1.29, 1.82) is 0 Å². The van der Waals surface area contributed by atoms with Gasteiger partial charge >= 0.3 is 0 Å². The number of rotatable bonds is 10. The van der Waals surface area contributed by atoms with Gasteiger partial charge in [-0.05, 0) is 37.1 Å². The summed E-state index contributed by atoms with van der Waals surface area (Å²) < 4.78 is 40.7. The van der Waals surface area contributed by atoms with E-state index in [0.717, 1.165) is 21.5 Å². The average Bonchev–Trinajstić information content (AvgIpc) is 3.36. The van der Waals surface area contributed by atoms with E-state index in [4.69, 9.17) is 9.47 Å². The highest BCUT2D eigenvalue weighted by Gasteiger charge is 2.34. The Morgan fingerprint density at radius 1 is 1.05 bits per heavy atom. The molecule has 0 atom stereocenters. The van der Waals surface area contributed by atoms with E-state index in [0.29, 0.717) is 53.2 Å². The maximum atomic E-state index is 13.8. The molecule has 1 aliphatic heterocycles. The fourth-order valence-corrected chi connectivity index (χ4v) is 7.93. The number of thiophene rings is 1. The van der Waals surface area contributed by atoms with Crippen LogP contribution < -0.4 is 25.2 Å². The molecule has 5 rings (SSSR count). The van der Waals surface area contributed by atoms with Gasteiger partial charge in [0.1, 0.15) is 16.3 Å². The number of hydrogen-bond donors (Lipinski definition) is 1. The quantitative estimate of drug-likeness (QED) is 0.279. The van der Waals surface area contributed by atoms with Crippen LogP contribution in [0.15, 0.2) is 52.7 Å². The Morgan fingerprint density at radius 3 is 2.45 bits per heavy atom. The smallest absolute Gasteiger partial charge is 0.263 e. The molecular weight excluding hydrogens is 582 g/mol. The van der Waals surface area contributed by atoms with Gasteiger partial charge in [-0.2, -0.15) is 4.31 Å². The predicted octanol–water partition coefficient (Wildman–Crippen LogP) is 1.44. The van der Waals surface area contributed by atoms with Gasteiger partial charge in [-0.25, -0.2) is 23.4 Å². The molecule has 1 aromatic carbocycles. The number of hydrogen-bond acceptors (Lipinski definition) is 11. The molecule has 3 aromatic heterocycles. The fraction of sp³-hybridized carbons (Fsp3) is 0.370. The third-order valence-corrected chi connectivity index (χ3v) is 10.2. The van der Waals surface area contributed by atoms with Crippen LogP contribution in [0.25, 0.3) is 10.2 Å². The van der Waals surface area contributed by atoms with Crippen LogP contribution >= 0.6 is 11.3 Å². The number of carbonyl (C=O) groups is 1. The molecule has 13 nitrogen and oxygen atoms in total. The number of carbonyl (C=O) groups excluding carboxylic acids is 1. The van der Waals surface area contributed by atoms with Gasteiger partial charge in [-0.15, -0.1) is 11.3 Å². The first-order valence-corrected chi connectivity index (χ1v) is 15.5. The van der Waals surface area contributed by atoms with Crippen molar-refractivity contribution in [2.45, 2.75) is 24.8 Å². The second-order valence-electron chi connectivity index (χ2n) is 9.57. The van der Waals surface area contributed by atoms with Crippen molar-refractivity contribution in [2.75, 3.05) is 51.8 Å². The molecule has 42 heavy (non-hydrogen) atoms. The van der Waals surface area contributed by atoms with Crippen LogP contribution in [0.2, 0.25) is 0 Å². The number of nitrogens with zero attached hydrogens (tertiary/aromatic N) is 6. The van der Waals surface area contributed by atoms with E-state index < -0.39 is 21.5 Å². The molecule has 0 unspecified atom stereocenters. The van der Waals surface area contributed by atoms with Gasteiger partial charge in [-0.3, -0.25) is 14.2 Å². The lowest BCUT2D eigenvalue weighted by atomic mass is 10.1. The van der Waals surface area contributed by atoms with Crippen molar-refractivity contribution in [1.82, 2.24) is 29.1 Å². The first kappa shape index (κ1) is 29.4. The van der Waals surface area contributed by atoms with Gasteiger partial charge < -0.3 is 19.7 Å². The first-order chi connectivity index (χ1) is 20.2. The van der Waals surface area contributed by atoms with Crippen molar-refractivity contribution < 1.29 is 22.7 Å². The molecule has 0 aliphatic carbocycles. The summed E-state index contributed by atoms with van der Waals surface area (Å²) in [5, 5.41) is 2.81. The van der Waals surface area contributed by atoms with E-state index in [9.17, 15) is 18.0 Å². The maximum Gasteiger partial charge on any atom is 0.263 e. The zero-order valence-electron chi connectivity index (χ0n) is 23.4. The molecule has 1 fully saturated rings. The highest BCUT2D eigenvalue weighted by molar-refractivity contribution is 7.89. The van der Waals surface area contributed by atoms with Crippen LogP contribution in [-0.2, 0) is 27.8 Å². The second kappa shape index (κ2) is 12.4. The standard InChI is InChI=1S/C27H31N7O6S2/c1-18-24(42(37,38)34-13-11-32(12-14-34)27-29-8-4-9-30-27)23-25(41-18)31-17-33(26(23)36)16-22(35)28-10-7-19-5-6-20(39-2)21(15-19)40-3/h4-6,8-9,15,17H,7,10-14,16H2,1-3H3,(H,28,35). The SMILES string of the molecule is COc1ccc(CCNC(=O)Cn2cnc3sc(C)c(S(=O)(=O)N4CCN(c5ncccn5)CC4)c3c2=O)cc1OC. The van der Waals surface area contributed by atoms with Crippen LogP contribution in [0.4, 0.5) is 5.95 Å². The molecule has 1 saturated heterocycles. The molecule has 4 aromatic rings. The topological polar surface area (TPSA) is 149 Å².